The van der Waals surface area contributed by atoms with Gasteiger partial charge >= 0.3 is 6.03 Å². The summed E-state index contributed by atoms with van der Waals surface area (Å²) in [6.45, 7) is 5.04. The van der Waals surface area contributed by atoms with Crippen molar-refractivity contribution in [3.8, 4) is 0 Å². The van der Waals surface area contributed by atoms with Crippen molar-refractivity contribution in [2.24, 2.45) is 0 Å². The maximum absolute atomic E-state index is 14.2. The summed E-state index contributed by atoms with van der Waals surface area (Å²) in [6.07, 6.45) is 0. The molecule has 33 heavy (non-hydrogen) atoms. The molecule has 1 saturated heterocycles. The van der Waals surface area contributed by atoms with Crippen LogP contribution in [0.15, 0.2) is 78.9 Å². The number of rotatable bonds is 3. The molecule has 5 rings (SSSR count). The number of fused-ring (bicyclic) bond motifs is 2. The van der Waals surface area contributed by atoms with Crippen molar-refractivity contribution in [3.63, 3.8) is 0 Å². The molecule has 2 aliphatic heterocycles. The van der Waals surface area contributed by atoms with Crippen LogP contribution in [0.4, 0.5) is 16.2 Å². The van der Waals surface area contributed by atoms with Crippen LogP contribution in [-0.4, -0.2) is 28.1 Å². The number of anilines is 2. The van der Waals surface area contributed by atoms with Crippen molar-refractivity contribution in [1.82, 2.24) is 4.90 Å². The van der Waals surface area contributed by atoms with E-state index in [0.717, 1.165) is 16.8 Å². The molecule has 0 aliphatic carbocycles. The lowest BCUT2D eigenvalue weighted by Crippen LogP contribution is -2.51. The van der Waals surface area contributed by atoms with Gasteiger partial charge in [0, 0.05) is 27.6 Å². The number of nitrogens with zero attached hydrogens (tertiary/aromatic N) is 2. The average Bonchev–Trinajstić information content (AvgIpc) is 3.22. The molecule has 3 amide bonds. The number of carbonyl (C=O) groups excluding carboxylic acids is 2. The number of para-hydroxylation sites is 1. The van der Waals surface area contributed by atoms with E-state index in [0.29, 0.717) is 23.8 Å². The fraction of sp³-hybridized carbons (Fsp3) is 0.231. The SMILES string of the molecule is CC1(C)CN(C(=O)Nc2ccc(Cl)cc2)[C@]2(S1)C(=O)N(Cc1ccccc1)c1ccccc12. The number of thioether (sulfide) groups is 1. The van der Waals surface area contributed by atoms with Gasteiger partial charge in [0.05, 0.1) is 12.2 Å². The number of hydrogen-bond acceptors (Lipinski definition) is 3. The molecule has 168 valence electrons. The fourth-order valence-corrected chi connectivity index (χ4v) is 6.46. The minimum Gasteiger partial charge on any atom is -0.308 e. The number of carbonyl (C=O) groups is 2. The van der Waals surface area contributed by atoms with Crippen LogP contribution in [0.1, 0.15) is 25.0 Å². The molecule has 7 heteroatoms. The Bertz CT molecular complexity index is 1220. The van der Waals surface area contributed by atoms with E-state index in [-0.39, 0.29) is 16.7 Å². The lowest BCUT2D eigenvalue weighted by molar-refractivity contribution is -0.123. The largest absolute Gasteiger partial charge is 0.323 e. The highest BCUT2D eigenvalue weighted by molar-refractivity contribution is 8.02. The second-order valence-electron chi connectivity index (χ2n) is 8.92. The summed E-state index contributed by atoms with van der Waals surface area (Å²) >= 11 is 7.54. The highest BCUT2D eigenvalue weighted by Crippen LogP contribution is 2.59. The first-order chi connectivity index (χ1) is 15.8. The summed E-state index contributed by atoms with van der Waals surface area (Å²) in [6, 6.07) is 24.4. The summed E-state index contributed by atoms with van der Waals surface area (Å²) < 4.78 is -0.303. The van der Waals surface area contributed by atoms with Gasteiger partial charge < -0.3 is 10.2 Å². The first-order valence-corrected chi connectivity index (χ1v) is 12.0. The van der Waals surface area contributed by atoms with Gasteiger partial charge in [0.2, 0.25) is 0 Å². The maximum atomic E-state index is 14.2. The predicted octanol–water partition coefficient (Wildman–Crippen LogP) is 6.10. The minimum absolute atomic E-state index is 0.0885. The van der Waals surface area contributed by atoms with Crippen LogP contribution in [0.2, 0.25) is 5.02 Å². The van der Waals surface area contributed by atoms with Gasteiger partial charge in [-0.1, -0.05) is 60.1 Å². The van der Waals surface area contributed by atoms with Crippen molar-refractivity contribution >= 4 is 46.7 Å². The highest BCUT2D eigenvalue weighted by atomic mass is 35.5. The third-order valence-corrected chi connectivity index (χ3v) is 7.81. The summed E-state index contributed by atoms with van der Waals surface area (Å²) in [5.41, 5.74) is 3.37. The van der Waals surface area contributed by atoms with Gasteiger partial charge in [-0.3, -0.25) is 9.69 Å². The number of hydrogen-bond donors (Lipinski definition) is 1. The molecule has 2 aliphatic rings. The molecule has 0 bridgehead atoms. The quantitative estimate of drug-likeness (QED) is 0.496. The number of halogens is 1. The minimum atomic E-state index is -1.12. The summed E-state index contributed by atoms with van der Waals surface area (Å²) in [5.74, 6) is -0.0885. The Hall–Kier alpha value is -2.96. The molecule has 3 aromatic rings. The van der Waals surface area contributed by atoms with Gasteiger partial charge in [-0.2, -0.15) is 0 Å². The molecule has 1 N–H and O–H groups in total. The van der Waals surface area contributed by atoms with E-state index in [4.69, 9.17) is 11.6 Å². The van der Waals surface area contributed by atoms with E-state index in [2.05, 4.69) is 19.2 Å². The van der Waals surface area contributed by atoms with E-state index in [1.54, 1.807) is 40.9 Å². The molecule has 1 fully saturated rings. The van der Waals surface area contributed by atoms with Crippen molar-refractivity contribution in [2.45, 2.75) is 30.0 Å². The molecular weight excluding hydrogens is 454 g/mol. The van der Waals surface area contributed by atoms with Gasteiger partial charge in [0.25, 0.3) is 5.91 Å². The molecule has 0 aromatic heterocycles. The van der Waals surface area contributed by atoms with Gasteiger partial charge in [0.1, 0.15) is 0 Å². The van der Waals surface area contributed by atoms with E-state index in [9.17, 15) is 9.59 Å². The number of nitrogens with one attached hydrogen (secondary N) is 1. The molecule has 0 saturated carbocycles. The van der Waals surface area contributed by atoms with Gasteiger partial charge in [-0.15, -0.1) is 11.8 Å². The number of benzene rings is 3. The van der Waals surface area contributed by atoms with Crippen molar-refractivity contribution < 1.29 is 9.59 Å². The van der Waals surface area contributed by atoms with Crippen LogP contribution in [0, 0.1) is 0 Å². The molecule has 2 heterocycles. The Kier molecular flexibility index (Phi) is 5.38. The van der Waals surface area contributed by atoms with E-state index < -0.39 is 4.87 Å². The fourth-order valence-electron chi connectivity index (χ4n) is 4.60. The highest BCUT2D eigenvalue weighted by Gasteiger charge is 2.63. The summed E-state index contributed by atoms with van der Waals surface area (Å²) in [7, 11) is 0. The topological polar surface area (TPSA) is 52.7 Å². The smallest absolute Gasteiger partial charge is 0.308 e. The third-order valence-electron chi connectivity index (χ3n) is 5.96. The summed E-state index contributed by atoms with van der Waals surface area (Å²) in [4.78, 5) is 30.1. The Morgan fingerprint density at radius 1 is 1.00 bits per heavy atom. The van der Waals surface area contributed by atoms with Crippen molar-refractivity contribution in [3.05, 3.63) is 95.0 Å². The Labute approximate surface area is 202 Å². The Morgan fingerprint density at radius 3 is 2.39 bits per heavy atom. The molecule has 0 radical (unpaired) electrons. The van der Waals surface area contributed by atoms with Gasteiger partial charge in [-0.05, 0) is 49.7 Å². The molecule has 1 atom stereocenters. The first-order valence-electron chi connectivity index (χ1n) is 10.8. The molecule has 0 unspecified atom stereocenters. The van der Waals surface area contributed by atoms with Crippen LogP contribution in [0.3, 0.4) is 0 Å². The van der Waals surface area contributed by atoms with E-state index >= 15 is 0 Å². The Morgan fingerprint density at radius 2 is 1.67 bits per heavy atom. The monoisotopic (exact) mass is 477 g/mol. The van der Waals surface area contributed by atoms with Crippen LogP contribution < -0.4 is 10.2 Å². The molecule has 5 nitrogen and oxygen atoms in total. The van der Waals surface area contributed by atoms with E-state index in [1.807, 2.05) is 59.5 Å². The standard InChI is InChI=1S/C26H24ClN3O2S/c1-25(2)17-30(24(32)28-20-14-12-19(27)13-15-20)26(33-25)21-10-6-7-11-22(21)29(23(26)31)16-18-8-4-3-5-9-18/h3-15H,16-17H2,1-2H3,(H,28,32)/t26-/m1/s1. The zero-order valence-electron chi connectivity index (χ0n) is 18.4. The molecule has 3 aromatic carbocycles. The molecular formula is C26H24ClN3O2S. The summed E-state index contributed by atoms with van der Waals surface area (Å²) in [5, 5.41) is 3.56. The third kappa shape index (κ3) is 3.77. The van der Waals surface area contributed by atoms with Crippen LogP contribution in [0.25, 0.3) is 0 Å². The number of amides is 3. The average molecular weight is 478 g/mol. The second-order valence-corrected chi connectivity index (χ2v) is 11.3. The number of urea groups is 1. The maximum Gasteiger partial charge on any atom is 0.323 e. The van der Waals surface area contributed by atoms with Crippen LogP contribution in [0.5, 0.6) is 0 Å². The second kappa shape index (κ2) is 8.12. The van der Waals surface area contributed by atoms with Gasteiger partial charge in [0.15, 0.2) is 4.87 Å². The normalized spacial score (nSPS) is 20.9. The van der Waals surface area contributed by atoms with Gasteiger partial charge in [-0.25, -0.2) is 4.79 Å². The Balaban J connectivity index is 1.55. The lowest BCUT2D eigenvalue weighted by Gasteiger charge is -2.33. The first kappa shape index (κ1) is 21.9. The molecule has 1 spiro atoms. The van der Waals surface area contributed by atoms with Crippen molar-refractivity contribution in [2.75, 3.05) is 16.8 Å². The predicted molar refractivity (Wildman–Crippen MR) is 135 cm³/mol. The van der Waals surface area contributed by atoms with E-state index in [1.165, 1.54) is 0 Å². The van der Waals surface area contributed by atoms with Crippen molar-refractivity contribution in [1.29, 1.82) is 0 Å². The van der Waals surface area contributed by atoms with Crippen LogP contribution >= 0.6 is 23.4 Å². The van der Waals surface area contributed by atoms with Crippen LogP contribution in [-0.2, 0) is 16.2 Å². The lowest BCUT2D eigenvalue weighted by atomic mass is 10.1. The zero-order chi connectivity index (χ0) is 23.2. The zero-order valence-corrected chi connectivity index (χ0v) is 20.0.